The SMILES string of the molecule is CCCC1NC(=O)C(CC)N(CCCOCCOC)C1=O. The van der Waals surface area contributed by atoms with Gasteiger partial charge in [0.15, 0.2) is 0 Å². The molecule has 1 fully saturated rings. The van der Waals surface area contributed by atoms with Gasteiger partial charge in [-0.15, -0.1) is 0 Å². The third kappa shape index (κ3) is 5.28. The quantitative estimate of drug-likeness (QED) is 0.610. The first-order valence-corrected chi connectivity index (χ1v) is 7.83. The van der Waals surface area contributed by atoms with Gasteiger partial charge >= 0.3 is 0 Å². The molecule has 0 spiro atoms. The Balaban J connectivity index is 2.49. The van der Waals surface area contributed by atoms with Gasteiger partial charge in [0.1, 0.15) is 12.1 Å². The fourth-order valence-electron chi connectivity index (χ4n) is 2.56. The number of nitrogens with zero attached hydrogens (tertiary/aromatic N) is 1. The number of hydrogen-bond acceptors (Lipinski definition) is 4. The molecule has 0 aromatic heterocycles. The lowest BCUT2D eigenvalue weighted by molar-refractivity contribution is -0.149. The van der Waals surface area contributed by atoms with Crippen LogP contribution in [0.25, 0.3) is 0 Å². The number of hydrogen-bond donors (Lipinski definition) is 1. The average molecular weight is 300 g/mol. The van der Waals surface area contributed by atoms with Gasteiger partial charge in [-0.25, -0.2) is 0 Å². The Kier molecular flexibility index (Phi) is 8.30. The Labute approximate surface area is 127 Å². The summed E-state index contributed by atoms with van der Waals surface area (Å²) in [6.07, 6.45) is 2.95. The third-order valence-corrected chi connectivity index (χ3v) is 3.66. The summed E-state index contributed by atoms with van der Waals surface area (Å²) < 4.78 is 10.3. The largest absolute Gasteiger partial charge is 0.382 e. The lowest BCUT2D eigenvalue weighted by Gasteiger charge is -2.38. The number of carbonyl (C=O) groups is 2. The maximum Gasteiger partial charge on any atom is 0.245 e. The van der Waals surface area contributed by atoms with Crippen molar-refractivity contribution in [2.75, 3.05) is 33.5 Å². The Hall–Kier alpha value is -1.14. The van der Waals surface area contributed by atoms with Crippen LogP contribution in [0.2, 0.25) is 0 Å². The van der Waals surface area contributed by atoms with Crippen molar-refractivity contribution in [3.63, 3.8) is 0 Å². The summed E-state index contributed by atoms with van der Waals surface area (Å²) in [6, 6.07) is -0.704. The molecule has 1 saturated heterocycles. The van der Waals surface area contributed by atoms with E-state index >= 15 is 0 Å². The van der Waals surface area contributed by atoms with Crippen molar-refractivity contribution in [1.29, 1.82) is 0 Å². The maximum atomic E-state index is 12.4. The van der Waals surface area contributed by atoms with E-state index < -0.39 is 0 Å². The van der Waals surface area contributed by atoms with Gasteiger partial charge in [0.05, 0.1) is 13.2 Å². The zero-order valence-corrected chi connectivity index (χ0v) is 13.4. The first-order valence-electron chi connectivity index (χ1n) is 7.83. The van der Waals surface area contributed by atoms with Crippen molar-refractivity contribution in [3.05, 3.63) is 0 Å². The van der Waals surface area contributed by atoms with Crippen LogP contribution >= 0.6 is 0 Å². The summed E-state index contributed by atoms with van der Waals surface area (Å²) in [4.78, 5) is 26.3. The van der Waals surface area contributed by atoms with Crippen LogP contribution in [-0.4, -0.2) is 62.3 Å². The fourth-order valence-corrected chi connectivity index (χ4v) is 2.56. The number of nitrogens with one attached hydrogen (secondary N) is 1. The monoisotopic (exact) mass is 300 g/mol. The summed E-state index contributed by atoms with van der Waals surface area (Å²) >= 11 is 0. The van der Waals surface area contributed by atoms with E-state index in [1.54, 1.807) is 12.0 Å². The Bertz CT molecular complexity index is 336. The van der Waals surface area contributed by atoms with Gasteiger partial charge < -0.3 is 19.7 Å². The Morgan fingerprint density at radius 3 is 2.57 bits per heavy atom. The molecule has 6 heteroatoms. The van der Waals surface area contributed by atoms with E-state index in [1.807, 2.05) is 13.8 Å². The zero-order valence-electron chi connectivity index (χ0n) is 13.4. The van der Waals surface area contributed by atoms with E-state index in [-0.39, 0.29) is 23.9 Å². The fraction of sp³-hybridized carbons (Fsp3) is 0.867. The van der Waals surface area contributed by atoms with Crippen molar-refractivity contribution in [1.82, 2.24) is 10.2 Å². The standard InChI is InChI=1S/C15H28N2O4/c1-4-7-12-15(19)17(13(5-2)14(18)16-12)8-6-9-21-11-10-20-3/h12-13H,4-11H2,1-3H3,(H,16,18). The highest BCUT2D eigenvalue weighted by Crippen LogP contribution is 2.16. The molecule has 1 N–H and O–H groups in total. The predicted molar refractivity (Wildman–Crippen MR) is 79.9 cm³/mol. The number of amides is 2. The van der Waals surface area contributed by atoms with E-state index in [2.05, 4.69) is 5.32 Å². The number of piperazine rings is 1. The summed E-state index contributed by atoms with van der Waals surface area (Å²) in [7, 11) is 1.63. The third-order valence-electron chi connectivity index (χ3n) is 3.66. The van der Waals surface area contributed by atoms with E-state index in [0.29, 0.717) is 39.2 Å². The number of ether oxygens (including phenoxy) is 2. The molecule has 6 nitrogen and oxygen atoms in total. The van der Waals surface area contributed by atoms with Crippen molar-refractivity contribution in [2.45, 2.75) is 51.6 Å². The van der Waals surface area contributed by atoms with Crippen LogP contribution in [0.1, 0.15) is 39.5 Å². The van der Waals surface area contributed by atoms with Crippen LogP contribution in [0.15, 0.2) is 0 Å². The van der Waals surface area contributed by atoms with Crippen LogP contribution < -0.4 is 5.32 Å². The topological polar surface area (TPSA) is 67.9 Å². The molecule has 2 amide bonds. The lowest BCUT2D eigenvalue weighted by Crippen LogP contribution is -2.63. The van der Waals surface area contributed by atoms with Gasteiger partial charge in [-0.2, -0.15) is 0 Å². The number of methoxy groups -OCH3 is 1. The van der Waals surface area contributed by atoms with Crippen molar-refractivity contribution >= 4 is 11.8 Å². The van der Waals surface area contributed by atoms with E-state index in [4.69, 9.17) is 9.47 Å². The second-order valence-electron chi connectivity index (χ2n) is 5.26. The van der Waals surface area contributed by atoms with Crippen molar-refractivity contribution < 1.29 is 19.1 Å². The molecular formula is C15H28N2O4. The van der Waals surface area contributed by atoms with Crippen molar-refractivity contribution in [3.8, 4) is 0 Å². The van der Waals surface area contributed by atoms with Crippen LogP contribution in [0.5, 0.6) is 0 Å². The average Bonchev–Trinajstić information content (AvgIpc) is 2.47. The maximum absolute atomic E-state index is 12.4. The molecule has 0 aromatic carbocycles. The smallest absolute Gasteiger partial charge is 0.245 e. The minimum absolute atomic E-state index is 0.0316. The molecule has 1 heterocycles. The molecule has 122 valence electrons. The Morgan fingerprint density at radius 1 is 1.19 bits per heavy atom. The van der Waals surface area contributed by atoms with Gasteiger partial charge in [0.25, 0.3) is 0 Å². The summed E-state index contributed by atoms with van der Waals surface area (Å²) in [5.74, 6) is 0.0102. The summed E-state index contributed by atoms with van der Waals surface area (Å²) in [5.41, 5.74) is 0. The molecule has 0 saturated carbocycles. The highest BCUT2D eigenvalue weighted by atomic mass is 16.5. The molecule has 1 aliphatic rings. The highest BCUT2D eigenvalue weighted by Gasteiger charge is 2.38. The minimum atomic E-state index is -0.361. The van der Waals surface area contributed by atoms with E-state index in [9.17, 15) is 9.59 Å². The van der Waals surface area contributed by atoms with E-state index in [0.717, 1.165) is 12.8 Å². The molecule has 1 rings (SSSR count). The first kappa shape index (κ1) is 17.9. The van der Waals surface area contributed by atoms with Gasteiger partial charge in [-0.1, -0.05) is 20.3 Å². The zero-order chi connectivity index (χ0) is 15.7. The minimum Gasteiger partial charge on any atom is -0.382 e. The van der Waals surface area contributed by atoms with Crippen LogP contribution in [0.3, 0.4) is 0 Å². The summed E-state index contributed by atoms with van der Waals surface area (Å²) in [6.45, 7) is 6.21. The molecule has 0 aliphatic carbocycles. The number of rotatable bonds is 10. The molecule has 2 atom stereocenters. The van der Waals surface area contributed by atoms with Crippen LogP contribution in [-0.2, 0) is 19.1 Å². The summed E-state index contributed by atoms with van der Waals surface area (Å²) in [5, 5.41) is 2.84. The van der Waals surface area contributed by atoms with Gasteiger partial charge in [0, 0.05) is 20.3 Å². The van der Waals surface area contributed by atoms with Gasteiger partial charge in [-0.3, -0.25) is 9.59 Å². The van der Waals surface area contributed by atoms with Gasteiger partial charge in [-0.05, 0) is 19.3 Å². The van der Waals surface area contributed by atoms with E-state index in [1.165, 1.54) is 0 Å². The van der Waals surface area contributed by atoms with Crippen molar-refractivity contribution in [2.24, 2.45) is 0 Å². The molecule has 1 aliphatic heterocycles. The molecule has 0 radical (unpaired) electrons. The molecule has 21 heavy (non-hydrogen) atoms. The second kappa shape index (κ2) is 9.73. The Morgan fingerprint density at radius 2 is 1.95 bits per heavy atom. The first-order chi connectivity index (χ1) is 10.2. The second-order valence-corrected chi connectivity index (χ2v) is 5.26. The molecule has 2 unspecified atom stereocenters. The molecular weight excluding hydrogens is 272 g/mol. The molecule has 0 aromatic rings. The van der Waals surface area contributed by atoms with Gasteiger partial charge in [0.2, 0.25) is 11.8 Å². The lowest BCUT2D eigenvalue weighted by atomic mass is 10.0. The highest BCUT2D eigenvalue weighted by molar-refractivity contribution is 5.96. The normalized spacial score (nSPS) is 22.5. The van der Waals surface area contributed by atoms with Crippen LogP contribution in [0.4, 0.5) is 0 Å². The number of carbonyl (C=O) groups excluding carboxylic acids is 2. The molecule has 0 bridgehead atoms. The predicted octanol–water partition coefficient (Wildman–Crippen LogP) is 0.945. The van der Waals surface area contributed by atoms with Crippen LogP contribution in [0, 0.1) is 0 Å².